The summed E-state index contributed by atoms with van der Waals surface area (Å²) in [5.74, 6) is 0.00959. The number of benzene rings is 2. The zero-order chi connectivity index (χ0) is 19.0. The first-order valence-corrected chi connectivity index (χ1v) is 9.61. The molecule has 1 aliphatic carbocycles. The Morgan fingerprint density at radius 1 is 0.963 bits per heavy atom. The molecule has 140 valence electrons. The molecule has 2 amide bonds. The number of aryl methyl sites for hydroxylation is 2. The van der Waals surface area contributed by atoms with E-state index in [1.165, 1.54) is 17.5 Å². The van der Waals surface area contributed by atoms with E-state index in [9.17, 15) is 9.59 Å². The number of fused-ring (bicyclic) bond motifs is 2. The van der Waals surface area contributed by atoms with Crippen molar-refractivity contribution in [3.63, 3.8) is 0 Å². The highest BCUT2D eigenvalue weighted by Gasteiger charge is 2.23. The van der Waals surface area contributed by atoms with Crippen molar-refractivity contribution in [1.29, 1.82) is 0 Å². The van der Waals surface area contributed by atoms with Crippen LogP contribution >= 0.6 is 0 Å². The summed E-state index contributed by atoms with van der Waals surface area (Å²) in [6, 6.07) is 11.8. The smallest absolute Gasteiger partial charge is 0.246 e. The molecule has 1 aliphatic heterocycles. The first-order valence-electron chi connectivity index (χ1n) is 9.61. The third kappa shape index (κ3) is 3.54. The topological polar surface area (TPSA) is 61.4 Å². The first-order chi connectivity index (χ1) is 13.0. The number of nitrogens with one attached hydrogen (secondary N) is 2. The average Bonchev–Trinajstić information content (AvgIpc) is 3.27. The Morgan fingerprint density at radius 2 is 1.70 bits per heavy atom. The van der Waals surface area contributed by atoms with E-state index in [1.807, 2.05) is 31.2 Å². The molecule has 0 radical (unpaired) electrons. The molecule has 27 heavy (non-hydrogen) atoms. The number of hydrogen-bond acceptors (Lipinski definition) is 3. The monoisotopic (exact) mass is 363 g/mol. The van der Waals surface area contributed by atoms with Crippen molar-refractivity contribution in [3.05, 3.63) is 53.1 Å². The van der Waals surface area contributed by atoms with Crippen molar-refractivity contribution in [3.8, 4) is 0 Å². The van der Waals surface area contributed by atoms with Crippen molar-refractivity contribution in [2.24, 2.45) is 0 Å². The molecule has 1 heterocycles. The zero-order valence-corrected chi connectivity index (χ0v) is 15.8. The molecule has 0 saturated heterocycles. The maximum atomic E-state index is 12.6. The van der Waals surface area contributed by atoms with Gasteiger partial charge in [-0.05, 0) is 79.6 Å². The van der Waals surface area contributed by atoms with E-state index in [-0.39, 0.29) is 17.9 Å². The van der Waals surface area contributed by atoms with Crippen LogP contribution in [0.2, 0.25) is 0 Å². The third-order valence-corrected chi connectivity index (χ3v) is 5.50. The molecule has 0 aromatic heterocycles. The highest BCUT2D eigenvalue weighted by molar-refractivity contribution is 5.97. The minimum Gasteiger partial charge on any atom is -0.374 e. The summed E-state index contributed by atoms with van der Waals surface area (Å²) in [5.41, 5.74) is 6.62. The molecular weight excluding hydrogens is 338 g/mol. The number of rotatable bonds is 4. The molecule has 0 unspecified atom stereocenters. The van der Waals surface area contributed by atoms with E-state index in [4.69, 9.17) is 0 Å². The minimum atomic E-state index is -0.360. The fourth-order valence-corrected chi connectivity index (χ4v) is 4.03. The number of carbonyl (C=O) groups is 2. The predicted molar refractivity (Wildman–Crippen MR) is 108 cm³/mol. The lowest BCUT2D eigenvalue weighted by molar-refractivity contribution is -0.117. The zero-order valence-electron chi connectivity index (χ0n) is 15.8. The van der Waals surface area contributed by atoms with Crippen molar-refractivity contribution >= 4 is 28.9 Å². The van der Waals surface area contributed by atoms with Crippen LogP contribution in [-0.4, -0.2) is 24.4 Å². The molecule has 0 spiro atoms. The molecule has 0 saturated carbocycles. The summed E-state index contributed by atoms with van der Waals surface area (Å²) in [6.07, 6.45) is 4.28. The van der Waals surface area contributed by atoms with Crippen molar-refractivity contribution in [1.82, 2.24) is 0 Å². The molecule has 2 aromatic carbocycles. The number of anilines is 3. The fraction of sp³-hybridized carbons (Fsp3) is 0.364. The van der Waals surface area contributed by atoms with Gasteiger partial charge in [-0.25, -0.2) is 0 Å². The highest BCUT2D eigenvalue weighted by Crippen LogP contribution is 2.31. The second-order valence-electron chi connectivity index (χ2n) is 7.46. The first kappa shape index (κ1) is 17.6. The third-order valence-electron chi connectivity index (χ3n) is 5.50. The van der Waals surface area contributed by atoms with Gasteiger partial charge in [0.1, 0.15) is 6.04 Å². The van der Waals surface area contributed by atoms with Crippen LogP contribution < -0.4 is 15.5 Å². The van der Waals surface area contributed by atoms with Gasteiger partial charge in [-0.2, -0.15) is 0 Å². The molecule has 5 nitrogen and oxygen atoms in total. The van der Waals surface area contributed by atoms with Crippen LogP contribution in [0, 0.1) is 0 Å². The SMILES string of the molecule is CC(=O)N1CCc2cc(N[C@H](C)C(=O)Nc3ccc4c(c3)CCC4)ccc21. The van der Waals surface area contributed by atoms with Crippen LogP contribution in [0.25, 0.3) is 0 Å². The summed E-state index contributed by atoms with van der Waals surface area (Å²) in [6.45, 7) is 4.17. The van der Waals surface area contributed by atoms with Gasteiger partial charge in [0.05, 0.1) is 0 Å². The molecule has 5 heteroatoms. The van der Waals surface area contributed by atoms with E-state index in [0.29, 0.717) is 0 Å². The van der Waals surface area contributed by atoms with Crippen molar-refractivity contribution in [2.75, 3.05) is 22.1 Å². The minimum absolute atomic E-state index is 0.0567. The highest BCUT2D eigenvalue weighted by atomic mass is 16.2. The van der Waals surface area contributed by atoms with E-state index >= 15 is 0 Å². The summed E-state index contributed by atoms with van der Waals surface area (Å²) in [4.78, 5) is 26.0. The number of carbonyl (C=O) groups excluding carboxylic acids is 2. The number of nitrogens with zero attached hydrogens (tertiary/aromatic N) is 1. The molecule has 4 rings (SSSR count). The van der Waals surface area contributed by atoms with Gasteiger partial charge < -0.3 is 15.5 Å². The lowest BCUT2D eigenvalue weighted by Crippen LogP contribution is -2.32. The largest absolute Gasteiger partial charge is 0.374 e. The van der Waals surface area contributed by atoms with Crippen LogP contribution in [0.15, 0.2) is 36.4 Å². The average molecular weight is 363 g/mol. The van der Waals surface area contributed by atoms with Gasteiger partial charge in [-0.3, -0.25) is 9.59 Å². The second-order valence-corrected chi connectivity index (χ2v) is 7.46. The Bertz CT molecular complexity index is 906. The van der Waals surface area contributed by atoms with Gasteiger partial charge in [-0.1, -0.05) is 6.07 Å². The standard InChI is InChI=1S/C22H25N3O2/c1-14(22(27)24-20-7-6-16-4-3-5-17(16)12-20)23-19-8-9-21-18(13-19)10-11-25(21)15(2)26/h6-9,12-14,23H,3-5,10-11H2,1-2H3,(H,24,27)/t14-/m1/s1. The molecule has 1 atom stereocenters. The van der Waals surface area contributed by atoms with Crippen molar-refractivity contribution < 1.29 is 9.59 Å². The Labute approximate surface area is 159 Å². The Balaban J connectivity index is 1.41. The van der Waals surface area contributed by atoms with Gasteiger partial charge in [0.2, 0.25) is 11.8 Å². The molecule has 2 aromatic rings. The van der Waals surface area contributed by atoms with Crippen LogP contribution in [-0.2, 0) is 28.9 Å². The predicted octanol–water partition coefficient (Wildman–Crippen LogP) is 3.52. The van der Waals surface area contributed by atoms with Gasteiger partial charge in [0.25, 0.3) is 0 Å². The lowest BCUT2D eigenvalue weighted by atomic mass is 10.1. The summed E-state index contributed by atoms with van der Waals surface area (Å²) in [7, 11) is 0. The summed E-state index contributed by atoms with van der Waals surface area (Å²) >= 11 is 0. The van der Waals surface area contributed by atoms with Gasteiger partial charge >= 0.3 is 0 Å². The summed E-state index contributed by atoms with van der Waals surface area (Å²) in [5, 5.41) is 6.28. The van der Waals surface area contributed by atoms with E-state index in [1.54, 1.807) is 11.8 Å². The number of amides is 2. The van der Waals surface area contributed by atoms with Crippen LogP contribution in [0.3, 0.4) is 0 Å². The Kier molecular flexibility index (Phi) is 4.60. The molecular formula is C22H25N3O2. The van der Waals surface area contributed by atoms with Gasteiger partial charge in [0, 0.05) is 30.5 Å². The fourth-order valence-electron chi connectivity index (χ4n) is 4.03. The Hall–Kier alpha value is -2.82. The van der Waals surface area contributed by atoms with E-state index in [2.05, 4.69) is 22.8 Å². The normalized spacial score (nSPS) is 15.9. The second kappa shape index (κ2) is 7.06. The maximum absolute atomic E-state index is 12.6. The molecule has 2 N–H and O–H groups in total. The quantitative estimate of drug-likeness (QED) is 0.874. The summed E-state index contributed by atoms with van der Waals surface area (Å²) < 4.78 is 0. The van der Waals surface area contributed by atoms with Crippen LogP contribution in [0.5, 0.6) is 0 Å². The molecule has 2 aliphatic rings. The van der Waals surface area contributed by atoms with Crippen LogP contribution in [0.1, 0.15) is 37.0 Å². The van der Waals surface area contributed by atoms with Crippen molar-refractivity contribution in [2.45, 2.75) is 45.6 Å². The molecule has 0 fully saturated rings. The Morgan fingerprint density at radius 3 is 2.52 bits per heavy atom. The van der Waals surface area contributed by atoms with Gasteiger partial charge in [-0.15, -0.1) is 0 Å². The van der Waals surface area contributed by atoms with E-state index < -0.39 is 0 Å². The van der Waals surface area contributed by atoms with Crippen LogP contribution in [0.4, 0.5) is 17.1 Å². The van der Waals surface area contributed by atoms with Gasteiger partial charge in [0.15, 0.2) is 0 Å². The lowest BCUT2D eigenvalue weighted by Gasteiger charge is -2.18. The number of hydrogen-bond donors (Lipinski definition) is 2. The molecule has 0 bridgehead atoms. The van der Waals surface area contributed by atoms with E-state index in [0.717, 1.165) is 48.4 Å². The maximum Gasteiger partial charge on any atom is 0.246 e.